The van der Waals surface area contributed by atoms with Crippen LogP contribution < -0.4 is 11.1 Å². The van der Waals surface area contributed by atoms with Crippen LogP contribution in [0.3, 0.4) is 0 Å². The first kappa shape index (κ1) is 13.0. The number of hydrogen-bond acceptors (Lipinski definition) is 3. The number of amides is 1. The van der Waals surface area contributed by atoms with Gasteiger partial charge < -0.3 is 11.1 Å². The average molecular weight is 247 g/mol. The van der Waals surface area contributed by atoms with Crippen molar-refractivity contribution in [2.45, 2.75) is 45.1 Å². The van der Waals surface area contributed by atoms with Crippen molar-refractivity contribution in [3.63, 3.8) is 0 Å². The van der Waals surface area contributed by atoms with Gasteiger partial charge in [0.25, 0.3) is 0 Å². The molecule has 1 fully saturated rings. The maximum atomic E-state index is 12.3. The maximum Gasteiger partial charge on any atom is 0.244 e. The number of carbonyl (C=O) groups is 1. The van der Waals surface area contributed by atoms with Gasteiger partial charge in [-0.1, -0.05) is 19.8 Å². The lowest BCUT2D eigenvalue weighted by atomic mass is 9.76. The predicted molar refractivity (Wildman–Crippen MR) is 72.2 cm³/mol. The standard InChI is InChI=1S/C14H21N3O/c1-10-4-3-7-14(15,8-10)13(18)17-12-6-5-11(2)16-9-12/h5-6,9-10H,3-4,7-8,15H2,1-2H3,(H,17,18). The minimum Gasteiger partial charge on any atom is -0.323 e. The quantitative estimate of drug-likeness (QED) is 0.842. The molecule has 4 heteroatoms. The molecule has 0 spiro atoms. The number of aromatic nitrogens is 1. The molecule has 1 heterocycles. The third-order valence-corrected chi connectivity index (χ3v) is 3.65. The number of rotatable bonds is 2. The lowest BCUT2D eigenvalue weighted by Gasteiger charge is -2.35. The van der Waals surface area contributed by atoms with Crippen molar-refractivity contribution in [1.29, 1.82) is 0 Å². The molecule has 98 valence electrons. The van der Waals surface area contributed by atoms with Gasteiger partial charge in [-0.25, -0.2) is 0 Å². The third kappa shape index (κ3) is 2.88. The van der Waals surface area contributed by atoms with E-state index in [0.717, 1.165) is 31.4 Å². The zero-order valence-electron chi connectivity index (χ0n) is 11.1. The number of hydrogen-bond donors (Lipinski definition) is 2. The Bertz CT molecular complexity index is 429. The molecule has 1 aliphatic rings. The minimum atomic E-state index is -0.720. The maximum absolute atomic E-state index is 12.3. The molecule has 1 aromatic heterocycles. The molecule has 0 aromatic carbocycles. The van der Waals surface area contributed by atoms with Crippen molar-refractivity contribution < 1.29 is 4.79 Å². The monoisotopic (exact) mass is 247 g/mol. The lowest BCUT2D eigenvalue weighted by molar-refractivity contribution is -0.122. The molecule has 0 radical (unpaired) electrons. The Labute approximate surface area is 108 Å². The largest absolute Gasteiger partial charge is 0.323 e. The minimum absolute atomic E-state index is 0.0836. The van der Waals surface area contributed by atoms with E-state index in [1.165, 1.54) is 0 Å². The Morgan fingerprint density at radius 2 is 2.33 bits per heavy atom. The van der Waals surface area contributed by atoms with Crippen molar-refractivity contribution in [2.24, 2.45) is 11.7 Å². The Balaban J connectivity index is 2.04. The number of nitrogens with zero attached hydrogens (tertiary/aromatic N) is 1. The number of aryl methyl sites for hydroxylation is 1. The molecule has 0 saturated heterocycles. The van der Waals surface area contributed by atoms with Crippen LogP contribution in [-0.4, -0.2) is 16.4 Å². The SMILES string of the molecule is Cc1ccc(NC(=O)C2(N)CCCC(C)C2)cn1. The highest BCUT2D eigenvalue weighted by Gasteiger charge is 2.37. The first-order valence-corrected chi connectivity index (χ1v) is 6.52. The molecule has 1 aliphatic carbocycles. The smallest absolute Gasteiger partial charge is 0.244 e. The second kappa shape index (κ2) is 5.06. The van der Waals surface area contributed by atoms with Crippen molar-refractivity contribution in [1.82, 2.24) is 4.98 Å². The van der Waals surface area contributed by atoms with Gasteiger partial charge in [-0.05, 0) is 37.8 Å². The van der Waals surface area contributed by atoms with E-state index < -0.39 is 5.54 Å². The van der Waals surface area contributed by atoms with Gasteiger partial charge in [0.05, 0.1) is 17.4 Å². The van der Waals surface area contributed by atoms with E-state index in [0.29, 0.717) is 11.6 Å². The molecule has 2 rings (SSSR count). The van der Waals surface area contributed by atoms with Gasteiger partial charge in [-0.15, -0.1) is 0 Å². The van der Waals surface area contributed by atoms with E-state index in [4.69, 9.17) is 5.73 Å². The van der Waals surface area contributed by atoms with E-state index in [1.54, 1.807) is 6.20 Å². The summed E-state index contributed by atoms with van der Waals surface area (Å²) in [5, 5.41) is 2.87. The molecule has 1 amide bonds. The molecule has 4 nitrogen and oxygen atoms in total. The zero-order chi connectivity index (χ0) is 13.2. The number of pyridine rings is 1. The van der Waals surface area contributed by atoms with Gasteiger partial charge >= 0.3 is 0 Å². The lowest BCUT2D eigenvalue weighted by Crippen LogP contribution is -2.53. The normalized spacial score (nSPS) is 27.8. The Morgan fingerprint density at radius 3 is 2.94 bits per heavy atom. The van der Waals surface area contributed by atoms with Gasteiger partial charge in [0.1, 0.15) is 0 Å². The number of anilines is 1. The number of nitrogens with two attached hydrogens (primary N) is 1. The van der Waals surface area contributed by atoms with E-state index >= 15 is 0 Å². The molecule has 18 heavy (non-hydrogen) atoms. The highest BCUT2D eigenvalue weighted by atomic mass is 16.2. The fourth-order valence-electron chi connectivity index (χ4n) is 2.60. The van der Waals surface area contributed by atoms with Gasteiger partial charge in [-0.2, -0.15) is 0 Å². The first-order valence-electron chi connectivity index (χ1n) is 6.52. The Hall–Kier alpha value is -1.42. The fraction of sp³-hybridized carbons (Fsp3) is 0.571. The third-order valence-electron chi connectivity index (χ3n) is 3.65. The molecule has 1 saturated carbocycles. The van der Waals surface area contributed by atoms with Crippen molar-refractivity contribution >= 4 is 11.6 Å². The number of carbonyl (C=O) groups excluding carboxylic acids is 1. The number of nitrogens with one attached hydrogen (secondary N) is 1. The molecule has 0 bridgehead atoms. The van der Waals surface area contributed by atoms with Crippen LogP contribution >= 0.6 is 0 Å². The summed E-state index contributed by atoms with van der Waals surface area (Å²) in [4.78, 5) is 16.4. The van der Waals surface area contributed by atoms with Crippen LogP contribution in [0.25, 0.3) is 0 Å². The van der Waals surface area contributed by atoms with E-state index in [2.05, 4.69) is 17.2 Å². The molecular formula is C14H21N3O. The van der Waals surface area contributed by atoms with Crippen LogP contribution in [-0.2, 0) is 4.79 Å². The summed E-state index contributed by atoms with van der Waals surface area (Å²) in [5.74, 6) is 0.436. The van der Waals surface area contributed by atoms with Crippen LogP contribution in [0.15, 0.2) is 18.3 Å². The van der Waals surface area contributed by atoms with Crippen LogP contribution in [0.1, 0.15) is 38.3 Å². The molecular weight excluding hydrogens is 226 g/mol. The van der Waals surface area contributed by atoms with Crippen LogP contribution in [0.4, 0.5) is 5.69 Å². The van der Waals surface area contributed by atoms with E-state index in [1.807, 2.05) is 19.1 Å². The van der Waals surface area contributed by atoms with E-state index in [9.17, 15) is 4.79 Å². The van der Waals surface area contributed by atoms with Crippen LogP contribution in [0, 0.1) is 12.8 Å². The van der Waals surface area contributed by atoms with Gasteiger partial charge in [0.2, 0.25) is 5.91 Å². The first-order chi connectivity index (χ1) is 8.49. The van der Waals surface area contributed by atoms with Crippen LogP contribution in [0.5, 0.6) is 0 Å². The van der Waals surface area contributed by atoms with Gasteiger partial charge in [-0.3, -0.25) is 9.78 Å². The zero-order valence-corrected chi connectivity index (χ0v) is 11.1. The van der Waals surface area contributed by atoms with Crippen molar-refractivity contribution in [3.05, 3.63) is 24.0 Å². The second-order valence-corrected chi connectivity index (χ2v) is 5.50. The molecule has 0 aliphatic heterocycles. The van der Waals surface area contributed by atoms with Crippen molar-refractivity contribution in [2.75, 3.05) is 5.32 Å². The predicted octanol–water partition coefficient (Wildman–Crippen LogP) is 2.24. The highest BCUT2D eigenvalue weighted by Crippen LogP contribution is 2.31. The summed E-state index contributed by atoms with van der Waals surface area (Å²) in [6.45, 7) is 4.07. The molecule has 3 N–H and O–H groups in total. The highest BCUT2D eigenvalue weighted by molar-refractivity contribution is 5.97. The topological polar surface area (TPSA) is 68.0 Å². The van der Waals surface area contributed by atoms with E-state index in [-0.39, 0.29) is 5.91 Å². The molecule has 2 unspecified atom stereocenters. The Morgan fingerprint density at radius 1 is 1.56 bits per heavy atom. The summed E-state index contributed by atoms with van der Waals surface area (Å²) in [6.07, 6.45) is 5.39. The summed E-state index contributed by atoms with van der Waals surface area (Å²) < 4.78 is 0. The molecule has 1 aromatic rings. The second-order valence-electron chi connectivity index (χ2n) is 5.50. The van der Waals surface area contributed by atoms with Crippen LogP contribution in [0.2, 0.25) is 0 Å². The van der Waals surface area contributed by atoms with Crippen molar-refractivity contribution in [3.8, 4) is 0 Å². The summed E-state index contributed by atoms with van der Waals surface area (Å²) in [6, 6.07) is 3.73. The Kier molecular flexibility index (Phi) is 3.66. The summed E-state index contributed by atoms with van der Waals surface area (Å²) in [7, 11) is 0. The average Bonchev–Trinajstić information content (AvgIpc) is 2.32. The summed E-state index contributed by atoms with van der Waals surface area (Å²) in [5.41, 5.74) is 7.17. The molecule has 2 atom stereocenters. The summed E-state index contributed by atoms with van der Waals surface area (Å²) >= 11 is 0. The van der Waals surface area contributed by atoms with Gasteiger partial charge in [0, 0.05) is 5.69 Å². The fourth-order valence-corrected chi connectivity index (χ4v) is 2.60. The van der Waals surface area contributed by atoms with Gasteiger partial charge in [0.15, 0.2) is 0 Å².